The molecule has 0 amide bonds. The number of halogens is 1. The van der Waals surface area contributed by atoms with Gasteiger partial charge in [0.05, 0.1) is 11.1 Å². The Balaban J connectivity index is 2.14. The van der Waals surface area contributed by atoms with Crippen LogP contribution < -0.4 is 11.0 Å². The summed E-state index contributed by atoms with van der Waals surface area (Å²) in [6.07, 6.45) is 2.33. The van der Waals surface area contributed by atoms with Crippen LogP contribution in [-0.4, -0.2) is 26.3 Å². The second-order valence-corrected chi connectivity index (χ2v) is 3.93. The van der Waals surface area contributed by atoms with E-state index in [2.05, 4.69) is 25.7 Å². The van der Waals surface area contributed by atoms with Crippen LogP contribution in [-0.2, 0) is 0 Å². The molecule has 0 saturated heterocycles. The Labute approximate surface area is 116 Å². The summed E-state index contributed by atoms with van der Waals surface area (Å²) in [6, 6.07) is 4.22. The molecule has 20 heavy (non-hydrogen) atoms. The van der Waals surface area contributed by atoms with Crippen molar-refractivity contribution in [3.05, 3.63) is 55.5 Å². The SMILES string of the molecule is O=c1cnnc(N/N=C/c2ccc(Cl)c([N+](=O)[O-])c2)[nH]1. The van der Waals surface area contributed by atoms with Crippen molar-refractivity contribution >= 4 is 29.5 Å². The number of H-pyrrole nitrogens is 1. The summed E-state index contributed by atoms with van der Waals surface area (Å²) in [5.74, 6) is 0.0530. The fourth-order valence-corrected chi connectivity index (χ4v) is 1.47. The molecular formula is C10H7ClN6O3. The number of nitro benzene ring substituents is 1. The van der Waals surface area contributed by atoms with E-state index in [1.807, 2.05) is 0 Å². The van der Waals surface area contributed by atoms with Crippen LogP contribution in [0.2, 0.25) is 5.02 Å². The minimum absolute atomic E-state index is 0.0402. The second-order valence-electron chi connectivity index (χ2n) is 3.52. The molecule has 9 nitrogen and oxygen atoms in total. The van der Waals surface area contributed by atoms with Gasteiger partial charge >= 0.3 is 0 Å². The quantitative estimate of drug-likeness (QED) is 0.495. The molecule has 0 spiro atoms. The van der Waals surface area contributed by atoms with Crippen molar-refractivity contribution in [2.45, 2.75) is 0 Å². The zero-order valence-electron chi connectivity index (χ0n) is 9.78. The molecule has 0 saturated carbocycles. The van der Waals surface area contributed by atoms with Crippen LogP contribution in [0, 0.1) is 10.1 Å². The number of hydrazone groups is 1. The van der Waals surface area contributed by atoms with Crippen molar-refractivity contribution in [2.75, 3.05) is 5.43 Å². The van der Waals surface area contributed by atoms with Crippen LogP contribution in [0.5, 0.6) is 0 Å². The van der Waals surface area contributed by atoms with Crippen molar-refractivity contribution in [1.82, 2.24) is 15.2 Å². The lowest BCUT2D eigenvalue weighted by Gasteiger charge is -1.98. The summed E-state index contributed by atoms with van der Waals surface area (Å²) in [4.78, 5) is 23.4. The molecule has 0 aliphatic rings. The summed E-state index contributed by atoms with van der Waals surface area (Å²) >= 11 is 5.68. The Kier molecular flexibility index (Phi) is 4.01. The molecule has 10 heteroatoms. The summed E-state index contributed by atoms with van der Waals surface area (Å²) in [6.45, 7) is 0. The van der Waals surface area contributed by atoms with E-state index in [0.717, 1.165) is 6.20 Å². The highest BCUT2D eigenvalue weighted by atomic mass is 35.5. The van der Waals surface area contributed by atoms with E-state index in [-0.39, 0.29) is 16.7 Å². The first-order valence-corrected chi connectivity index (χ1v) is 5.59. The predicted molar refractivity (Wildman–Crippen MR) is 72.0 cm³/mol. The number of anilines is 1. The van der Waals surface area contributed by atoms with E-state index >= 15 is 0 Å². The van der Waals surface area contributed by atoms with Gasteiger partial charge in [-0.2, -0.15) is 5.10 Å². The first-order valence-electron chi connectivity index (χ1n) is 5.21. The number of aromatic nitrogens is 3. The Morgan fingerprint density at radius 3 is 3.00 bits per heavy atom. The average Bonchev–Trinajstić information content (AvgIpc) is 2.40. The zero-order valence-corrected chi connectivity index (χ0v) is 10.5. The number of aromatic amines is 1. The molecule has 1 aromatic carbocycles. The highest BCUT2D eigenvalue weighted by Crippen LogP contribution is 2.24. The topological polar surface area (TPSA) is 126 Å². The molecule has 2 aromatic rings. The van der Waals surface area contributed by atoms with Gasteiger partial charge in [-0.3, -0.25) is 19.9 Å². The number of nitrogens with one attached hydrogen (secondary N) is 2. The zero-order chi connectivity index (χ0) is 14.5. The molecule has 1 aromatic heterocycles. The molecule has 0 radical (unpaired) electrons. The first-order chi connectivity index (χ1) is 9.56. The standard InChI is InChI=1S/C10H7ClN6O3/c11-7-2-1-6(3-8(7)17(19)20)4-12-15-10-14-9(18)5-13-16-10/h1-5H,(H2,14,15,16,18)/b12-4+. The summed E-state index contributed by atoms with van der Waals surface area (Å²) in [5.41, 5.74) is 2.24. The van der Waals surface area contributed by atoms with Gasteiger partial charge in [0.15, 0.2) is 0 Å². The highest BCUT2D eigenvalue weighted by Gasteiger charge is 2.11. The van der Waals surface area contributed by atoms with Crippen LogP contribution >= 0.6 is 11.6 Å². The number of hydrogen-bond acceptors (Lipinski definition) is 7. The lowest BCUT2D eigenvalue weighted by Crippen LogP contribution is -2.10. The minimum Gasteiger partial charge on any atom is -0.289 e. The smallest absolute Gasteiger partial charge is 0.288 e. The number of benzene rings is 1. The number of nitro groups is 1. The summed E-state index contributed by atoms with van der Waals surface area (Å²) in [7, 11) is 0. The van der Waals surface area contributed by atoms with Crippen LogP contribution in [0.4, 0.5) is 11.6 Å². The van der Waals surface area contributed by atoms with Crippen LogP contribution in [0.25, 0.3) is 0 Å². The lowest BCUT2D eigenvalue weighted by molar-refractivity contribution is -0.384. The fourth-order valence-electron chi connectivity index (χ4n) is 1.28. The maximum absolute atomic E-state index is 10.9. The summed E-state index contributed by atoms with van der Waals surface area (Å²) in [5, 5.41) is 21.5. The molecule has 0 unspecified atom stereocenters. The average molecular weight is 295 g/mol. The molecule has 2 rings (SSSR count). The summed E-state index contributed by atoms with van der Waals surface area (Å²) < 4.78 is 0. The van der Waals surface area contributed by atoms with Gasteiger partial charge in [0.2, 0.25) is 5.95 Å². The van der Waals surface area contributed by atoms with E-state index in [1.165, 1.54) is 18.3 Å². The van der Waals surface area contributed by atoms with E-state index in [1.54, 1.807) is 6.07 Å². The van der Waals surface area contributed by atoms with Crippen molar-refractivity contribution in [2.24, 2.45) is 5.10 Å². The van der Waals surface area contributed by atoms with Crippen molar-refractivity contribution in [3.63, 3.8) is 0 Å². The maximum Gasteiger partial charge on any atom is 0.288 e. The van der Waals surface area contributed by atoms with Gasteiger partial charge < -0.3 is 0 Å². The first kappa shape index (κ1) is 13.6. The van der Waals surface area contributed by atoms with Gasteiger partial charge in [-0.05, 0) is 6.07 Å². The molecule has 102 valence electrons. The van der Waals surface area contributed by atoms with Crippen LogP contribution in [0.15, 0.2) is 34.3 Å². The third-order valence-corrected chi connectivity index (χ3v) is 2.44. The van der Waals surface area contributed by atoms with E-state index in [0.29, 0.717) is 5.56 Å². The van der Waals surface area contributed by atoms with Crippen molar-refractivity contribution in [3.8, 4) is 0 Å². The Bertz CT molecular complexity index is 729. The fraction of sp³-hybridized carbons (Fsp3) is 0. The number of rotatable bonds is 4. The van der Waals surface area contributed by atoms with E-state index in [9.17, 15) is 14.9 Å². The van der Waals surface area contributed by atoms with Gasteiger partial charge in [-0.25, -0.2) is 5.43 Å². The highest BCUT2D eigenvalue weighted by molar-refractivity contribution is 6.32. The predicted octanol–water partition coefficient (Wildman–Crippen LogP) is 1.17. The number of hydrogen-bond donors (Lipinski definition) is 2. The third kappa shape index (κ3) is 3.36. The van der Waals surface area contributed by atoms with Gasteiger partial charge in [-0.1, -0.05) is 17.7 Å². The normalized spacial score (nSPS) is 10.7. The Morgan fingerprint density at radius 1 is 1.50 bits per heavy atom. The molecule has 0 aliphatic carbocycles. The molecule has 0 fully saturated rings. The van der Waals surface area contributed by atoms with Gasteiger partial charge in [0.25, 0.3) is 11.2 Å². The third-order valence-electron chi connectivity index (χ3n) is 2.13. The second kappa shape index (κ2) is 5.89. The van der Waals surface area contributed by atoms with Gasteiger partial charge in [-0.15, -0.1) is 10.2 Å². The van der Waals surface area contributed by atoms with Gasteiger partial charge in [0.1, 0.15) is 11.2 Å². The maximum atomic E-state index is 10.9. The molecule has 2 N–H and O–H groups in total. The Hall–Kier alpha value is -2.81. The van der Waals surface area contributed by atoms with E-state index in [4.69, 9.17) is 11.6 Å². The van der Waals surface area contributed by atoms with E-state index < -0.39 is 10.5 Å². The monoisotopic (exact) mass is 294 g/mol. The Morgan fingerprint density at radius 2 is 2.30 bits per heavy atom. The molecule has 0 aliphatic heterocycles. The van der Waals surface area contributed by atoms with Crippen molar-refractivity contribution in [1.29, 1.82) is 0 Å². The molecule has 1 heterocycles. The minimum atomic E-state index is -0.590. The largest absolute Gasteiger partial charge is 0.289 e. The lowest BCUT2D eigenvalue weighted by atomic mass is 10.2. The molecule has 0 bridgehead atoms. The molecular weight excluding hydrogens is 288 g/mol. The molecule has 0 atom stereocenters. The van der Waals surface area contributed by atoms with Crippen molar-refractivity contribution < 1.29 is 4.92 Å². The van der Waals surface area contributed by atoms with Gasteiger partial charge in [0, 0.05) is 11.6 Å². The van der Waals surface area contributed by atoms with Crippen LogP contribution in [0.3, 0.4) is 0 Å². The van der Waals surface area contributed by atoms with Crippen LogP contribution in [0.1, 0.15) is 5.56 Å². The number of nitrogens with zero attached hydrogens (tertiary/aromatic N) is 4.